The molecule has 4 heteroatoms. The third-order valence-corrected chi connectivity index (χ3v) is 4.34. The van der Waals surface area contributed by atoms with Gasteiger partial charge >= 0.3 is 0 Å². The third kappa shape index (κ3) is 3.68. The predicted octanol–water partition coefficient (Wildman–Crippen LogP) is 3.02. The van der Waals surface area contributed by atoms with Crippen molar-refractivity contribution in [2.45, 2.75) is 51.0 Å². The molecular formula is C13H23N3S. The van der Waals surface area contributed by atoms with Gasteiger partial charge in [-0.15, -0.1) is 11.3 Å². The number of nitrogens with zero attached hydrogens (tertiary/aromatic N) is 2. The van der Waals surface area contributed by atoms with Gasteiger partial charge in [0.1, 0.15) is 0 Å². The van der Waals surface area contributed by atoms with Crippen LogP contribution < -0.4 is 10.6 Å². The van der Waals surface area contributed by atoms with Crippen LogP contribution in [0.5, 0.6) is 0 Å². The molecule has 0 aliphatic heterocycles. The molecule has 2 rings (SSSR count). The summed E-state index contributed by atoms with van der Waals surface area (Å²) >= 11 is 1.76. The van der Waals surface area contributed by atoms with E-state index < -0.39 is 0 Å². The van der Waals surface area contributed by atoms with Crippen molar-refractivity contribution in [1.29, 1.82) is 0 Å². The van der Waals surface area contributed by atoms with E-state index in [1.54, 1.807) is 11.3 Å². The Kier molecular flexibility index (Phi) is 5.26. The van der Waals surface area contributed by atoms with E-state index in [9.17, 15) is 0 Å². The largest absolute Gasteiger partial charge is 0.345 e. The molecule has 0 amide bonds. The lowest BCUT2D eigenvalue weighted by Gasteiger charge is -2.30. The minimum Gasteiger partial charge on any atom is -0.345 e. The van der Waals surface area contributed by atoms with Crippen LogP contribution in [0.2, 0.25) is 0 Å². The number of hydrogen-bond donors (Lipinski definition) is 1. The molecule has 2 N–H and O–H groups in total. The van der Waals surface area contributed by atoms with E-state index in [0.29, 0.717) is 6.04 Å². The number of aromatic nitrogens is 1. The average molecular weight is 253 g/mol. The zero-order valence-corrected chi connectivity index (χ0v) is 11.3. The van der Waals surface area contributed by atoms with E-state index in [1.807, 2.05) is 6.20 Å². The molecule has 1 fully saturated rings. The first-order valence-corrected chi connectivity index (χ1v) is 7.66. The van der Waals surface area contributed by atoms with Crippen LogP contribution in [-0.2, 0) is 0 Å². The highest BCUT2D eigenvalue weighted by Crippen LogP contribution is 2.28. The van der Waals surface area contributed by atoms with Crippen LogP contribution in [0.3, 0.4) is 0 Å². The van der Waals surface area contributed by atoms with Crippen LogP contribution in [0.4, 0.5) is 5.13 Å². The summed E-state index contributed by atoms with van der Waals surface area (Å²) in [4.78, 5) is 6.98. The van der Waals surface area contributed by atoms with Crippen molar-refractivity contribution in [2.75, 3.05) is 18.0 Å². The lowest BCUT2D eigenvalue weighted by Crippen LogP contribution is -2.36. The summed E-state index contributed by atoms with van der Waals surface area (Å²) in [6, 6.07) is 0.690. The van der Waals surface area contributed by atoms with Gasteiger partial charge in [0.05, 0.1) is 0 Å². The van der Waals surface area contributed by atoms with Gasteiger partial charge < -0.3 is 10.6 Å². The normalized spacial score (nSPS) is 17.9. The van der Waals surface area contributed by atoms with Gasteiger partial charge in [0.25, 0.3) is 0 Å². The quantitative estimate of drug-likeness (QED) is 0.820. The summed E-state index contributed by atoms with van der Waals surface area (Å²) in [6.07, 6.45) is 11.2. The Hall–Kier alpha value is -0.610. The Morgan fingerprint density at radius 3 is 2.65 bits per heavy atom. The Morgan fingerprint density at radius 1 is 1.29 bits per heavy atom. The Morgan fingerprint density at radius 2 is 2.06 bits per heavy atom. The molecule has 1 heterocycles. The molecule has 0 spiro atoms. The van der Waals surface area contributed by atoms with E-state index in [-0.39, 0.29) is 0 Å². The first-order valence-electron chi connectivity index (χ1n) is 6.78. The molecule has 3 nitrogen and oxygen atoms in total. The maximum Gasteiger partial charge on any atom is 0.185 e. The highest BCUT2D eigenvalue weighted by atomic mass is 32.1. The fourth-order valence-electron chi connectivity index (χ4n) is 2.62. The van der Waals surface area contributed by atoms with Crippen LogP contribution in [0.25, 0.3) is 0 Å². The van der Waals surface area contributed by atoms with Gasteiger partial charge in [0, 0.05) is 24.2 Å². The van der Waals surface area contributed by atoms with Crippen molar-refractivity contribution in [3.63, 3.8) is 0 Å². The maximum atomic E-state index is 5.65. The second-order valence-corrected chi connectivity index (χ2v) is 5.67. The Labute approximate surface area is 108 Å². The molecule has 1 saturated carbocycles. The molecule has 1 aromatic heterocycles. The summed E-state index contributed by atoms with van der Waals surface area (Å²) in [7, 11) is 0. The molecule has 1 aliphatic rings. The molecule has 0 atom stereocenters. The van der Waals surface area contributed by atoms with Gasteiger partial charge in [0.2, 0.25) is 0 Å². The summed E-state index contributed by atoms with van der Waals surface area (Å²) in [5, 5.41) is 3.26. The topological polar surface area (TPSA) is 42.1 Å². The lowest BCUT2D eigenvalue weighted by molar-refractivity contribution is 0.518. The predicted molar refractivity (Wildman–Crippen MR) is 74.6 cm³/mol. The summed E-state index contributed by atoms with van der Waals surface area (Å²) in [5.41, 5.74) is 5.65. The average Bonchev–Trinajstić information content (AvgIpc) is 2.73. The smallest absolute Gasteiger partial charge is 0.185 e. The zero-order chi connectivity index (χ0) is 11.9. The fourth-order valence-corrected chi connectivity index (χ4v) is 3.36. The van der Waals surface area contributed by atoms with Crippen LogP contribution >= 0.6 is 11.3 Å². The molecule has 0 unspecified atom stereocenters. The van der Waals surface area contributed by atoms with E-state index in [1.165, 1.54) is 43.7 Å². The number of hydrogen-bond acceptors (Lipinski definition) is 4. The van der Waals surface area contributed by atoms with Crippen molar-refractivity contribution in [3.8, 4) is 0 Å². The fraction of sp³-hybridized carbons (Fsp3) is 0.769. The standard InChI is InChI=1S/C13H23N3S/c14-8-5-10-16(13-15-9-11-17-13)12-6-3-1-2-4-7-12/h9,11-12H,1-8,10,14H2. The maximum absolute atomic E-state index is 5.65. The molecule has 0 bridgehead atoms. The van der Waals surface area contributed by atoms with Crippen molar-refractivity contribution < 1.29 is 0 Å². The number of nitrogens with two attached hydrogens (primary N) is 1. The minimum absolute atomic E-state index is 0.690. The molecule has 0 radical (unpaired) electrons. The van der Waals surface area contributed by atoms with Gasteiger partial charge in [-0.2, -0.15) is 0 Å². The Bertz CT molecular complexity index is 292. The molecule has 0 aromatic carbocycles. The summed E-state index contributed by atoms with van der Waals surface area (Å²) in [6.45, 7) is 1.84. The first kappa shape index (κ1) is 12.8. The van der Waals surface area contributed by atoms with Crippen LogP contribution in [-0.4, -0.2) is 24.1 Å². The summed E-state index contributed by atoms with van der Waals surface area (Å²) in [5.74, 6) is 0. The molecule has 0 saturated heterocycles. The molecular weight excluding hydrogens is 230 g/mol. The van der Waals surface area contributed by atoms with E-state index in [0.717, 1.165) is 19.5 Å². The molecule has 1 aromatic rings. The van der Waals surface area contributed by atoms with Crippen molar-refractivity contribution in [3.05, 3.63) is 11.6 Å². The number of thiazole rings is 1. The van der Waals surface area contributed by atoms with Gasteiger partial charge in [-0.3, -0.25) is 0 Å². The van der Waals surface area contributed by atoms with E-state index >= 15 is 0 Å². The summed E-state index contributed by atoms with van der Waals surface area (Å²) < 4.78 is 0. The molecule has 96 valence electrons. The SMILES string of the molecule is NCCCN(c1nccs1)C1CCCCCC1. The highest BCUT2D eigenvalue weighted by Gasteiger charge is 2.21. The van der Waals surface area contributed by atoms with Crippen LogP contribution in [0.15, 0.2) is 11.6 Å². The first-order chi connectivity index (χ1) is 8.42. The van der Waals surface area contributed by atoms with Gasteiger partial charge in [0.15, 0.2) is 5.13 Å². The number of anilines is 1. The van der Waals surface area contributed by atoms with Gasteiger partial charge in [-0.25, -0.2) is 4.98 Å². The Balaban J connectivity index is 2.02. The second kappa shape index (κ2) is 6.97. The molecule has 1 aliphatic carbocycles. The van der Waals surface area contributed by atoms with Gasteiger partial charge in [-0.1, -0.05) is 25.7 Å². The van der Waals surface area contributed by atoms with Crippen molar-refractivity contribution >= 4 is 16.5 Å². The van der Waals surface area contributed by atoms with Crippen molar-refractivity contribution in [2.24, 2.45) is 5.73 Å². The van der Waals surface area contributed by atoms with Crippen LogP contribution in [0.1, 0.15) is 44.9 Å². The lowest BCUT2D eigenvalue weighted by atomic mass is 10.1. The third-order valence-electron chi connectivity index (χ3n) is 3.53. The van der Waals surface area contributed by atoms with Crippen molar-refractivity contribution in [1.82, 2.24) is 4.98 Å². The minimum atomic E-state index is 0.690. The number of rotatable bonds is 5. The molecule has 17 heavy (non-hydrogen) atoms. The van der Waals surface area contributed by atoms with E-state index in [2.05, 4.69) is 15.3 Å². The van der Waals surface area contributed by atoms with E-state index in [4.69, 9.17) is 5.73 Å². The second-order valence-electron chi connectivity index (χ2n) is 4.80. The zero-order valence-electron chi connectivity index (χ0n) is 10.5. The van der Waals surface area contributed by atoms with Gasteiger partial charge in [-0.05, 0) is 25.8 Å². The van der Waals surface area contributed by atoms with Crippen LogP contribution in [0, 0.1) is 0 Å². The highest BCUT2D eigenvalue weighted by molar-refractivity contribution is 7.13. The monoisotopic (exact) mass is 253 g/mol.